The van der Waals surface area contributed by atoms with Crippen LogP contribution < -0.4 is 14.5 Å². The molecule has 2 aromatic carbocycles. The minimum Gasteiger partial charge on any atom is -0.407 e. The molecule has 0 unspecified atom stereocenters. The lowest BCUT2D eigenvalue weighted by Crippen LogP contribution is -2.33. The molecule has 0 radical (unpaired) electrons. The predicted molar refractivity (Wildman–Crippen MR) is 117 cm³/mol. The highest BCUT2D eigenvalue weighted by Crippen LogP contribution is 2.47. The van der Waals surface area contributed by atoms with E-state index in [4.69, 9.17) is 4.74 Å². The summed E-state index contributed by atoms with van der Waals surface area (Å²) in [6.07, 6.45) is -10.3. The summed E-state index contributed by atoms with van der Waals surface area (Å²) in [5.41, 5.74) is -4.43. The molecule has 6 nitrogen and oxygen atoms in total. The average Bonchev–Trinajstić information content (AvgIpc) is 3.58. The van der Waals surface area contributed by atoms with Gasteiger partial charge in [-0.1, -0.05) is 5.92 Å². The smallest absolute Gasteiger partial charge is 0.407 e. The summed E-state index contributed by atoms with van der Waals surface area (Å²) in [4.78, 5) is 28.0. The van der Waals surface area contributed by atoms with Crippen LogP contribution in [0.3, 0.4) is 0 Å². The second kappa shape index (κ2) is 9.49. The van der Waals surface area contributed by atoms with Crippen LogP contribution >= 0.6 is 0 Å². The molecule has 1 aliphatic heterocycles. The Morgan fingerprint density at radius 1 is 1.03 bits per heavy atom. The normalized spacial score (nSPS) is 15.9. The topological polar surface area (TPSA) is 53.1 Å². The summed E-state index contributed by atoms with van der Waals surface area (Å²) < 4.78 is 101. The van der Waals surface area contributed by atoms with Gasteiger partial charge in [-0.05, 0) is 49.2 Å². The van der Waals surface area contributed by atoms with E-state index in [9.17, 15) is 40.3 Å². The van der Waals surface area contributed by atoms with E-state index in [-0.39, 0.29) is 30.8 Å². The molecule has 37 heavy (non-hydrogen) atoms. The van der Waals surface area contributed by atoms with E-state index in [0.29, 0.717) is 11.0 Å². The molecule has 1 saturated carbocycles. The van der Waals surface area contributed by atoms with Crippen molar-refractivity contribution in [3.8, 4) is 17.7 Å². The first kappa shape index (κ1) is 26.1. The first-order valence-electron chi connectivity index (χ1n) is 10.9. The first-order chi connectivity index (χ1) is 17.3. The summed E-state index contributed by atoms with van der Waals surface area (Å²) in [6.45, 7) is -0.381. The molecule has 1 saturated heterocycles. The van der Waals surface area contributed by atoms with Crippen molar-refractivity contribution in [2.45, 2.75) is 25.2 Å². The van der Waals surface area contributed by atoms with E-state index in [2.05, 4.69) is 12.0 Å². The maximum Gasteiger partial charge on any atom is 0.420 e. The third-order valence-electron chi connectivity index (χ3n) is 5.66. The highest BCUT2D eigenvalue weighted by molar-refractivity contribution is 5.98. The van der Waals surface area contributed by atoms with Gasteiger partial charge in [0.2, 0.25) is 0 Å². The molecule has 0 spiro atoms. The highest BCUT2D eigenvalue weighted by Gasteiger charge is 2.44. The molecule has 2 aromatic rings. The van der Waals surface area contributed by atoms with Crippen LogP contribution in [0.2, 0.25) is 0 Å². The fourth-order valence-corrected chi connectivity index (χ4v) is 3.48. The molecule has 0 atom stereocenters. The molecular weight excluding hydrogens is 511 g/mol. The Labute approximate surface area is 206 Å². The number of hydrogen-bond donors (Lipinski definition) is 0. The number of amides is 3. The number of urea groups is 1. The number of carbonyl (C=O) groups excluding carboxylic acids is 2. The number of hydrogen-bond acceptors (Lipinski definition) is 3. The Kier molecular flexibility index (Phi) is 6.70. The van der Waals surface area contributed by atoms with Gasteiger partial charge in [-0.2, -0.15) is 26.3 Å². The van der Waals surface area contributed by atoms with Crippen LogP contribution in [0.5, 0.6) is 5.75 Å². The van der Waals surface area contributed by atoms with Crippen molar-refractivity contribution in [3.63, 3.8) is 0 Å². The van der Waals surface area contributed by atoms with Crippen molar-refractivity contribution in [1.82, 2.24) is 4.90 Å². The number of anilines is 2. The summed E-state index contributed by atoms with van der Waals surface area (Å²) >= 11 is 0. The molecule has 1 aliphatic carbocycles. The molecule has 196 valence electrons. The lowest BCUT2D eigenvalue weighted by Gasteiger charge is -2.25. The fraction of sp³-hybridized carbons (Fsp3) is 0.333. The molecule has 3 amide bonds. The molecule has 0 aromatic heterocycles. The van der Waals surface area contributed by atoms with Gasteiger partial charge in [0.15, 0.2) is 5.75 Å². The maximum atomic E-state index is 13.9. The van der Waals surface area contributed by atoms with Gasteiger partial charge in [-0.3, -0.25) is 14.7 Å². The number of halogens is 7. The van der Waals surface area contributed by atoms with Crippen LogP contribution in [-0.2, 0) is 12.4 Å². The van der Waals surface area contributed by atoms with E-state index in [1.54, 1.807) is 0 Å². The fourth-order valence-electron chi connectivity index (χ4n) is 3.48. The number of alkyl halides is 6. The number of rotatable bonds is 3. The summed E-state index contributed by atoms with van der Waals surface area (Å²) in [6, 6.07) is 6.05. The zero-order valence-corrected chi connectivity index (χ0v) is 19.1. The average molecular weight is 529 g/mol. The van der Waals surface area contributed by atoms with Gasteiger partial charge >= 0.3 is 24.5 Å². The minimum absolute atomic E-state index is 0.0344. The SMILES string of the molecule is CN(C(=O)Oc1c(N2CCN(C#CC3CC3)C2=O)cc(C(F)(F)F)cc1C(F)(F)F)c1ccc(F)cc1. The molecule has 2 aliphatic rings. The summed E-state index contributed by atoms with van der Waals surface area (Å²) in [5, 5.41) is 0. The number of benzene rings is 2. The van der Waals surface area contributed by atoms with E-state index in [0.717, 1.165) is 54.0 Å². The van der Waals surface area contributed by atoms with Gasteiger partial charge in [0, 0.05) is 31.2 Å². The zero-order valence-electron chi connectivity index (χ0n) is 19.1. The van der Waals surface area contributed by atoms with Crippen molar-refractivity contribution in [1.29, 1.82) is 0 Å². The molecule has 13 heteroatoms. The Balaban J connectivity index is 1.78. The van der Waals surface area contributed by atoms with E-state index in [1.165, 1.54) is 0 Å². The van der Waals surface area contributed by atoms with Crippen molar-refractivity contribution < 1.29 is 45.1 Å². The monoisotopic (exact) mass is 529 g/mol. The van der Waals surface area contributed by atoms with Crippen LogP contribution in [0.1, 0.15) is 24.0 Å². The molecule has 2 fully saturated rings. The molecular formula is C24H18F7N3O3. The third kappa shape index (κ3) is 5.73. The predicted octanol–water partition coefficient (Wildman–Crippen LogP) is 6.11. The van der Waals surface area contributed by atoms with Crippen LogP contribution in [-0.4, -0.2) is 37.2 Å². The lowest BCUT2D eigenvalue weighted by atomic mass is 10.1. The molecule has 0 N–H and O–H groups in total. The second-order valence-electron chi connectivity index (χ2n) is 8.39. The Hall–Kier alpha value is -3.95. The summed E-state index contributed by atoms with van der Waals surface area (Å²) in [7, 11) is 1.11. The zero-order chi connectivity index (χ0) is 27.1. The van der Waals surface area contributed by atoms with Crippen molar-refractivity contribution in [3.05, 3.63) is 53.3 Å². The standard InChI is InChI=1S/C24H18F7N3O3/c1-32(17-6-4-16(25)5-7-17)22(36)37-20-18(24(29,30)31)12-15(23(26,27)28)13-19(20)34-11-10-33(21(34)35)9-8-14-2-3-14/h4-7,12-14H,2-3,10-11H2,1H3. The van der Waals surface area contributed by atoms with Crippen molar-refractivity contribution in [2.24, 2.45) is 5.92 Å². The van der Waals surface area contributed by atoms with Gasteiger partial charge in [0.1, 0.15) is 11.4 Å². The lowest BCUT2D eigenvalue weighted by molar-refractivity contribution is -0.143. The molecule has 1 heterocycles. The van der Waals surface area contributed by atoms with Crippen LogP contribution in [0.15, 0.2) is 36.4 Å². The minimum atomic E-state index is -5.38. The number of carbonyl (C=O) groups is 2. The molecule has 4 rings (SSSR count). The quantitative estimate of drug-likeness (QED) is 0.356. The Morgan fingerprint density at radius 3 is 2.24 bits per heavy atom. The van der Waals surface area contributed by atoms with Gasteiger partial charge in [0.25, 0.3) is 0 Å². The van der Waals surface area contributed by atoms with Crippen LogP contribution in [0.4, 0.5) is 51.7 Å². The van der Waals surface area contributed by atoms with Gasteiger partial charge in [-0.25, -0.2) is 14.0 Å². The largest absolute Gasteiger partial charge is 0.420 e. The van der Waals surface area contributed by atoms with E-state index in [1.807, 2.05) is 0 Å². The first-order valence-corrected chi connectivity index (χ1v) is 10.9. The van der Waals surface area contributed by atoms with Crippen LogP contribution in [0.25, 0.3) is 0 Å². The van der Waals surface area contributed by atoms with E-state index >= 15 is 0 Å². The number of ether oxygens (including phenoxy) is 1. The highest BCUT2D eigenvalue weighted by atomic mass is 19.4. The van der Waals surface area contributed by atoms with Crippen molar-refractivity contribution in [2.75, 3.05) is 29.9 Å². The Bertz CT molecular complexity index is 1280. The molecule has 0 bridgehead atoms. The van der Waals surface area contributed by atoms with Gasteiger partial charge in [-0.15, -0.1) is 0 Å². The maximum absolute atomic E-state index is 13.9. The summed E-state index contributed by atoms with van der Waals surface area (Å²) in [5.74, 6) is 0.979. The third-order valence-corrected chi connectivity index (χ3v) is 5.66. The van der Waals surface area contributed by atoms with Gasteiger partial charge < -0.3 is 4.74 Å². The van der Waals surface area contributed by atoms with Crippen LogP contribution in [0, 0.1) is 23.7 Å². The van der Waals surface area contributed by atoms with Gasteiger partial charge in [0.05, 0.1) is 17.8 Å². The number of nitrogens with zero attached hydrogens (tertiary/aromatic N) is 3. The van der Waals surface area contributed by atoms with E-state index < -0.39 is 52.9 Å². The van der Waals surface area contributed by atoms with Crippen molar-refractivity contribution >= 4 is 23.5 Å². The second-order valence-corrected chi connectivity index (χ2v) is 8.39. The Morgan fingerprint density at radius 2 is 1.68 bits per heavy atom.